The van der Waals surface area contributed by atoms with Gasteiger partial charge in [-0.2, -0.15) is 8.78 Å². The van der Waals surface area contributed by atoms with Gasteiger partial charge in [-0.05, 0) is 49.7 Å². The van der Waals surface area contributed by atoms with Gasteiger partial charge in [0.25, 0.3) is 5.91 Å². The van der Waals surface area contributed by atoms with E-state index < -0.39 is 6.61 Å². The molecule has 0 aliphatic carbocycles. The number of carbonyl (C=O) groups excluding carboxylic acids is 2. The average molecular weight is 411 g/mol. The fraction of sp³-hybridized carbons (Fsp3) is 0.300. The first-order valence-corrected chi connectivity index (χ1v) is 9.14. The minimum Gasteiger partial charge on any atom is -0.435 e. The summed E-state index contributed by atoms with van der Waals surface area (Å²) in [5, 5.41) is 2.92. The maximum Gasteiger partial charge on any atom is 0.387 e. The average Bonchev–Trinajstić information content (AvgIpc) is 2.62. The van der Waals surface area contributed by atoms with Crippen molar-refractivity contribution in [3.05, 3.63) is 58.6 Å². The van der Waals surface area contributed by atoms with Crippen molar-refractivity contribution in [2.45, 2.75) is 26.9 Å². The molecule has 0 spiro atoms. The zero-order valence-corrected chi connectivity index (χ0v) is 16.3. The van der Waals surface area contributed by atoms with Gasteiger partial charge < -0.3 is 15.0 Å². The zero-order valence-electron chi connectivity index (χ0n) is 15.5. The van der Waals surface area contributed by atoms with Gasteiger partial charge in [-0.1, -0.05) is 23.7 Å². The van der Waals surface area contributed by atoms with Crippen molar-refractivity contribution in [3.8, 4) is 5.75 Å². The second-order valence-corrected chi connectivity index (χ2v) is 6.33. The molecule has 0 atom stereocenters. The number of hydrogen-bond acceptors (Lipinski definition) is 3. The maximum absolute atomic E-state index is 12.4. The lowest BCUT2D eigenvalue weighted by Crippen LogP contribution is -2.30. The van der Waals surface area contributed by atoms with E-state index in [4.69, 9.17) is 11.6 Å². The molecule has 0 aliphatic rings. The highest BCUT2D eigenvalue weighted by molar-refractivity contribution is 6.34. The smallest absolute Gasteiger partial charge is 0.387 e. The summed E-state index contributed by atoms with van der Waals surface area (Å²) >= 11 is 6.21. The SMILES string of the molecule is CCN(CC)C(=O)c1ccc(NC(=O)Cc2cccc(OC(F)F)c2)cc1Cl. The van der Waals surface area contributed by atoms with Crippen molar-refractivity contribution >= 4 is 29.1 Å². The Labute approximate surface area is 167 Å². The van der Waals surface area contributed by atoms with Gasteiger partial charge in [-0.15, -0.1) is 0 Å². The quantitative estimate of drug-likeness (QED) is 0.691. The Kier molecular flexibility index (Phi) is 7.75. The third-order valence-electron chi connectivity index (χ3n) is 4.02. The number of nitrogens with one attached hydrogen (secondary N) is 1. The monoisotopic (exact) mass is 410 g/mol. The van der Waals surface area contributed by atoms with Crippen molar-refractivity contribution in [2.75, 3.05) is 18.4 Å². The minimum absolute atomic E-state index is 0.0115. The largest absolute Gasteiger partial charge is 0.435 e. The number of amides is 2. The van der Waals surface area contributed by atoms with Crippen LogP contribution < -0.4 is 10.1 Å². The van der Waals surface area contributed by atoms with Gasteiger partial charge in [0.1, 0.15) is 5.75 Å². The van der Waals surface area contributed by atoms with Crippen LogP contribution in [0.5, 0.6) is 5.75 Å². The fourth-order valence-electron chi connectivity index (χ4n) is 2.67. The molecule has 2 rings (SSSR count). The lowest BCUT2D eigenvalue weighted by atomic mass is 10.1. The Hall–Kier alpha value is -2.67. The highest BCUT2D eigenvalue weighted by atomic mass is 35.5. The van der Waals surface area contributed by atoms with Crippen LogP contribution in [-0.2, 0) is 11.2 Å². The predicted molar refractivity (Wildman–Crippen MR) is 104 cm³/mol. The van der Waals surface area contributed by atoms with E-state index in [2.05, 4.69) is 10.1 Å². The molecule has 0 fully saturated rings. The highest BCUT2D eigenvalue weighted by Crippen LogP contribution is 2.23. The number of ether oxygens (including phenoxy) is 1. The first kappa shape index (κ1) is 21.6. The van der Waals surface area contributed by atoms with Crippen molar-refractivity contribution in [1.29, 1.82) is 0 Å². The van der Waals surface area contributed by atoms with Crippen LogP contribution in [0.4, 0.5) is 14.5 Å². The fourth-order valence-corrected chi connectivity index (χ4v) is 2.93. The van der Waals surface area contributed by atoms with Crippen molar-refractivity contribution < 1.29 is 23.1 Å². The summed E-state index contributed by atoms with van der Waals surface area (Å²) in [5.41, 5.74) is 1.32. The molecule has 5 nitrogen and oxygen atoms in total. The number of halogens is 3. The summed E-state index contributed by atoms with van der Waals surface area (Å²) in [6.45, 7) is 1.97. The van der Waals surface area contributed by atoms with Gasteiger partial charge in [-0.25, -0.2) is 0 Å². The van der Waals surface area contributed by atoms with Crippen LogP contribution in [0.25, 0.3) is 0 Å². The second kappa shape index (κ2) is 10.0. The molecule has 2 amide bonds. The van der Waals surface area contributed by atoms with Gasteiger partial charge in [0.05, 0.1) is 17.0 Å². The highest BCUT2D eigenvalue weighted by Gasteiger charge is 2.16. The van der Waals surface area contributed by atoms with Gasteiger partial charge in [0.15, 0.2) is 0 Å². The summed E-state index contributed by atoms with van der Waals surface area (Å²) in [5.74, 6) is -0.542. The molecule has 0 saturated heterocycles. The molecular weight excluding hydrogens is 390 g/mol. The Bertz CT molecular complexity index is 842. The summed E-state index contributed by atoms with van der Waals surface area (Å²) in [7, 11) is 0. The topological polar surface area (TPSA) is 58.6 Å². The van der Waals surface area contributed by atoms with Crippen LogP contribution in [0.3, 0.4) is 0 Å². The van der Waals surface area contributed by atoms with E-state index in [9.17, 15) is 18.4 Å². The van der Waals surface area contributed by atoms with Crippen LogP contribution in [0.2, 0.25) is 5.02 Å². The molecule has 0 unspecified atom stereocenters. The molecule has 0 heterocycles. The second-order valence-electron chi connectivity index (χ2n) is 5.92. The van der Waals surface area contributed by atoms with Gasteiger partial charge in [-0.3, -0.25) is 9.59 Å². The van der Waals surface area contributed by atoms with Gasteiger partial charge in [0.2, 0.25) is 5.91 Å². The third kappa shape index (κ3) is 5.92. The van der Waals surface area contributed by atoms with E-state index >= 15 is 0 Å². The minimum atomic E-state index is -2.93. The zero-order chi connectivity index (χ0) is 20.7. The first-order valence-electron chi connectivity index (χ1n) is 8.76. The molecule has 28 heavy (non-hydrogen) atoms. The van der Waals surface area contributed by atoms with E-state index in [1.54, 1.807) is 23.1 Å². The van der Waals surface area contributed by atoms with Crippen molar-refractivity contribution in [1.82, 2.24) is 4.90 Å². The molecule has 0 radical (unpaired) electrons. The van der Waals surface area contributed by atoms with Gasteiger partial charge in [0, 0.05) is 18.8 Å². The lowest BCUT2D eigenvalue weighted by molar-refractivity contribution is -0.115. The number of nitrogens with zero attached hydrogens (tertiary/aromatic N) is 1. The molecule has 150 valence electrons. The van der Waals surface area contributed by atoms with Crippen LogP contribution in [-0.4, -0.2) is 36.4 Å². The van der Waals surface area contributed by atoms with Crippen molar-refractivity contribution in [3.63, 3.8) is 0 Å². The molecular formula is C20H21ClF2N2O3. The molecule has 0 aliphatic heterocycles. The van der Waals surface area contributed by atoms with Crippen molar-refractivity contribution in [2.24, 2.45) is 0 Å². The summed E-state index contributed by atoms with van der Waals surface area (Å²) in [4.78, 5) is 26.3. The van der Waals surface area contributed by atoms with E-state index in [1.807, 2.05) is 13.8 Å². The summed E-state index contributed by atoms with van der Waals surface area (Å²) < 4.78 is 28.9. The van der Waals surface area contributed by atoms with Crippen LogP contribution in [0.1, 0.15) is 29.8 Å². The Balaban J connectivity index is 2.04. The Morgan fingerprint density at radius 1 is 1.14 bits per heavy atom. The number of hydrogen-bond donors (Lipinski definition) is 1. The standard InChI is InChI=1S/C20H21ClF2N2O3/c1-3-25(4-2)19(27)16-9-8-14(12-17(16)21)24-18(26)11-13-6-5-7-15(10-13)28-20(22)23/h5-10,12,20H,3-4,11H2,1-2H3,(H,24,26). The predicted octanol–water partition coefficient (Wildman–Crippen LogP) is 4.60. The molecule has 2 aromatic rings. The van der Waals surface area contributed by atoms with E-state index in [0.29, 0.717) is 29.9 Å². The molecule has 0 bridgehead atoms. The number of rotatable bonds is 8. The lowest BCUT2D eigenvalue weighted by Gasteiger charge is -2.19. The Morgan fingerprint density at radius 2 is 1.86 bits per heavy atom. The number of carbonyl (C=O) groups is 2. The molecule has 1 N–H and O–H groups in total. The molecule has 0 aromatic heterocycles. The van der Waals surface area contributed by atoms with E-state index in [1.165, 1.54) is 24.3 Å². The van der Waals surface area contributed by atoms with Gasteiger partial charge >= 0.3 is 6.61 Å². The van der Waals surface area contributed by atoms with E-state index in [0.717, 1.165) is 0 Å². The molecule has 2 aromatic carbocycles. The van der Waals surface area contributed by atoms with Crippen LogP contribution in [0, 0.1) is 0 Å². The number of anilines is 1. The van der Waals surface area contributed by atoms with Crippen LogP contribution >= 0.6 is 11.6 Å². The van der Waals surface area contributed by atoms with Crippen LogP contribution in [0.15, 0.2) is 42.5 Å². The third-order valence-corrected chi connectivity index (χ3v) is 4.33. The summed E-state index contributed by atoms with van der Waals surface area (Å²) in [6, 6.07) is 10.6. The maximum atomic E-state index is 12.4. The summed E-state index contributed by atoms with van der Waals surface area (Å²) in [6.07, 6.45) is -0.0296. The number of benzene rings is 2. The first-order chi connectivity index (χ1) is 13.3. The molecule has 8 heteroatoms. The molecule has 0 saturated carbocycles. The van der Waals surface area contributed by atoms with E-state index in [-0.39, 0.29) is 29.0 Å². The Morgan fingerprint density at radius 3 is 2.46 bits per heavy atom. The normalized spacial score (nSPS) is 10.6. The number of alkyl halides is 2.